The average molecular weight is 238 g/mol. The third kappa shape index (κ3) is 3.27. The Morgan fingerprint density at radius 1 is 0.938 bits per heavy atom. The summed E-state index contributed by atoms with van der Waals surface area (Å²) in [6.45, 7) is 8.97. The van der Waals surface area contributed by atoms with Crippen molar-refractivity contribution in [3.63, 3.8) is 0 Å². The standard InChI is InChI=1S/C13H22O2Si/c1-10(2)16(11(3)4)15-13-9-7-6-8-12(13)14-5/h6-11,16H,1-5H3. The van der Waals surface area contributed by atoms with Gasteiger partial charge >= 0.3 is 0 Å². The summed E-state index contributed by atoms with van der Waals surface area (Å²) in [5, 5.41) is 0. The highest BCUT2D eigenvalue weighted by Gasteiger charge is 2.23. The molecule has 0 aliphatic carbocycles. The summed E-state index contributed by atoms with van der Waals surface area (Å²) in [4.78, 5) is 0. The molecular formula is C13H22O2Si. The van der Waals surface area contributed by atoms with Crippen LogP contribution in [0.1, 0.15) is 27.7 Å². The first-order valence-corrected chi connectivity index (χ1v) is 7.66. The van der Waals surface area contributed by atoms with Crippen molar-refractivity contribution < 1.29 is 9.16 Å². The van der Waals surface area contributed by atoms with Crippen LogP contribution < -0.4 is 9.16 Å². The Morgan fingerprint density at radius 2 is 1.44 bits per heavy atom. The van der Waals surface area contributed by atoms with Crippen molar-refractivity contribution in [2.45, 2.75) is 38.8 Å². The highest BCUT2D eigenvalue weighted by molar-refractivity contribution is 6.55. The zero-order valence-electron chi connectivity index (χ0n) is 10.9. The van der Waals surface area contributed by atoms with Crippen LogP contribution in [0.2, 0.25) is 11.1 Å². The van der Waals surface area contributed by atoms with E-state index in [1.165, 1.54) is 0 Å². The van der Waals surface area contributed by atoms with Crippen molar-refractivity contribution >= 4 is 9.04 Å². The van der Waals surface area contributed by atoms with Crippen molar-refractivity contribution in [1.29, 1.82) is 0 Å². The van der Waals surface area contributed by atoms with Gasteiger partial charge in [0.25, 0.3) is 0 Å². The second-order valence-electron chi connectivity index (χ2n) is 4.72. The molecule has 1 aromatic rings. The van der Waals surface area contributed by atoms with Crippen molar-refractivity contribution in [3.8, 4) is 11.5 Å². The number of hydrogen-bond donors (Lipinski definition) is 0. The maximum atomic E-state index is 6.17. The van der Waals surface area contributed by atoms with E-state index >= 15 is 0 Å². The maximum Gasteiger partial charge on any atom is 0.240 e. The molecule has 0 unspecified atom stereocenters. The minimum atomic E-state index is -1.23. The Bertz CT molecular complexity index is 315. The predicted octanol–water partition coefficient (Wildman–Crippen LogP) is 3.62. The van der Waals surface area contributed by atoms with E-state index in [2.05, 4.69) is 27.7 Å². The van der Waals surface area contributed by atoms with Gasteiger partial charge in [-0.05, 0) is 23.2 Å². The fourth-order valence-electron chi connectivity index (χ4n) is 1.90. The third-order valence-electron chi connectivity index (χ3n) is 2.65. The first kappa shape index (κ1) is 13.1. The SMILES string of the molecule is COc1ccccc1O[SiH](C(C)C)C(C)C. The molecule has 16 heavy (non-hydrogen) atoms. The molecule has 3 heteroatoms. The molecule has 2 nitrogen and oxygen atoms in total. The quantitative estimate of drug-likeness (QED) is 0.729. The molecule has 0 radical (unpaired) electrons. The molecule has 0 amide bonds. The average Bonchev–Trinajstić information content (AvgIpc) is 2.25. The van der Waals surface area contributed by atoms with Gasteiger partial charge in [-0.3, -0.25) is 0 Å². The van der Waals surface area contributed by atoms with Crippen molar-refractivity contribution in [2.24, 2.45) is 0 Å². The number of methoxy groups -OCH3 is 1. The molecule has 0 aliphatic rings. The number of hydrogen-bond acceptors (Lipinski definition) is 2. The zero-order chi connectivity index (χ0) is 12.1. The molecule has 0 saturated heterocycles. The molecule has 0 bridgehead atoms. The van der Waals surface area contributed by atoms with Crippen LogP contribution in [0.25, 0.3) is 0 Å². The minimum absolute atomic E-state index is 0.630. The Labute approximate surface area is 100 Å². The first-order valence-electron chi connectivity index (χ1n) is 5.86. The van der Waals surface area contributed by atoms with E-state index in [0.717, 1.165) is 11.5 Å². The molecule has 0 spiro atoms. The van der Waals surface area contributed by atoms with E-state index in [1.807, 2.05) is 24.3 Å². The highest BCUT2D eigenvalue weighted by Crippen LogP contribution is 2.30. The van der Waals surface area contributed by atoms with Gasteiger partial charge in [0.2, 0.25) is 9.04 Å². The number of rotatable bonds is 5. The summed E-state index contributed by atoms with van der Waals surface area (Å²) in [6.07, 6.45) is 0. The molecule has 0 N–H and O–H groups in total. The molecule has 0 aliphatic heterocycles. The molecule has 0 saturated carbocycles. The van der Waals surface area contributed by atoms with E-state index in [0.29, 0.717) is 11.1 Å². The molecule has 0 heterocycles. The van der Waals surface area contributed by atoms with E-state index < -0.39 is 9.04 Å². The van der Waals surface area contributed by atoms with Crippen LogP contribution in [-0.4, -0.2) is 16.2 Å². The fraction of sp³-hybridized carbons (Fsp3) is 0.538. The summed E-state index contributed by atoms with van der Waals surface area (Å²) < 4.78 is 11.5. The normalized spacial score (nSPS) is 11.2. The van der Waals surface area contributed by atoms with Crippen LogP contribution in [0.15, 0.2) is 24.3 Å². The van der Waals surface area contributed by atoms with Crippen molar-refractivity contribution in [1.82, 2.24) is 0 Å². The monoisotopic (exact) mass is 238 g/mol. The molecule has 0 aromatic heterocycles. The van der Waals surface area contributed by atoms with Gasteiger partial charge in [-0.25, -0.2) is 0 Å². The molecule has 90 valence electrons. The van der Waals surface area contributed by atoms with Crippen molar-refractivity contribution in [2.75, 3.05) is 7.11 Å². The van der Waals surface area contributed by atoms with Gasteiger partial charge in [0.15, 0.2) is 5.75 Å². The van der Waals surface area contributed by atoms with Crippen LogP contribution in [-0.2, 0) is 0 Å². The van der Waals surface area contributed by atoms with Gasteiger partial charge in [0, 0.05) is 0 Å². The molecule has 1 rings (SSSR count). The van der Waals surface area contributed by atoms with E-state index in [-0.39, 0.29) is 0 Å². The van der Waals surface area contributed by atoms with E-state index in [9.17, 15) is 0 Å². The molecule has 1 aromatic carbocycles. The second-order valence-corrected chi connectivity index (χ2v) is 8.55. The van der Waals surface area contributed by atoms with Gasteiger partial charge in [-0.15, -0.1) is 0 Å². The Kier molecular flexibility index (Phi) is 4.87. The maximum absolute atomic E-state index is 6.17. The van der Waals surface area contributed by atoms with Gasteiger partial charge in [0.1, 0.15) is 5.75 Å². The summed E-state index contributed by atoms with van der Waals surface area (Å²) in [5.41, 5.74) is 1.26. The summed E-state index contributed by atoms with van der Waals surface area (Å²) in [7, 11) is 0.455. The zero-order valence-corrected chi connectivity index (χ0v) is 12.0. The van der Waals surface area contributed by atoms with Crippen molar-refractivity contribution in [3.05, 3.63) is 24.3 Å². The van der Waals surface area contributed by atoms with Crippen LogP contribution in [0.3, 0.4) is 0 Å². The van der Waals surface area contributed by atoms with Gasteiger partial charge in [-0.2, -0.15) is 0 Å². The Morgan fingerprint density at radius 3 is 1.88 bits per heavy atom. The molecule has 0 fully saturated rings. The van der Waals surface area contributed by atoms with Crippen LogP contribution in [0.4, 0.5) is 0 Å². The lowest BCUT2D eigenvalue weighted by Crippen LogP contribution is -2.29. The first-order chi connectivity index (χ1) is 7.56. The number of para-hydroxylation sites is 2. The van der Waals surface area contributed by atoms with E-state index in [1.54, 1.807) is 7.11 Å². The second kappa shape index (κ2) is 5.94. The van der Waals surface area contributed by atoms with Crippen LogP contribution >= 0.6 is 0 Å². The summed E-state index contributed by atoms with van der Waals surface area (Å²) >= 11 is 0. The largest absolute Gasteiger partial charge is 0.543 e. The van der Waals surface area contributed by atoms with Gasteiger partial charge < -0.3 is 9.16 Å². The van der Waals surface area contributed by atoms with Gasteiger partial charge in [0.05, 0.1) is 7.11 Å². The molecular weight excluding hydrogens is 216 g/mol. The fourth-order valence-corrected chi connectivity index (χ4v) is 4.48. The van der Waals surface area contributed by atoms with E-state index in [4.69, 9.17) is 9.16 Å². The lowest BCUT2D eigenvalue weighted by atomic mass is 10.3. The third-order valence-corrected chi connectivity index (χ3v) is 5.80. The topological polar surface area (TPSA) is 18.5 Å². The van der Waals surface area contributed by atoms with Gasteiger partial charge in [-0.1, -0.05) is 39.8 Å². The van der Waals surface area contributed by atoms with Crippen LogP contribution in [0, 0.1) is 0 Å². The Hall–Kier alpha value is -0.963. The molecule has 0 atom stereocenters. The predicted molar refractivity (Wildman–Crippen MR) is 71.0 cm³/mol. The van der Waals surface area contributed by atoms with Crippen LogP contribution in [0.5, 0.6) is 11.5 Å². The minimum Gasteiger partial charge on any atom is -0.543 e. The Balaban J connectivity index is 2.85. The highest BCUT2D eigenvalue weighted by atomic mass is 28.3. The number of benzene rings is 1. The summed E-state index contributed by atoms with van der Waals surface area (Å²) in [5.74, 6) is 1.73. The number of ether oxygens (including phenoxy) is 1. The lowest BCUT2D eigenvalue weighted by molar-refractivity contribution is 0.391. The lowest BCUT2D eigenvalue weighted by Gasteiger charge is -2.25. The smallest absolute Gasteiger partial charge is 0.240 e. The summed E-state index contributed by atoms with van der Waals surface area (Å²) in [6, 6.07) is 7.89.